The molecule has 3 amide bonds. The Hall–Kier alpha value is -2.70. The van der Waals surface area contributed by atoms with Crippen molar-refractivity contribution in [2.75, 3.05) is 13.2 Å². The largest absolute Gasteiger partial charge is 0.456 e. The second-order valence-corrected chi connectivity index (χ2v) is 7.16. The first kappa shape index (κ1) is 20.6. The molecule has 1 heterocycles. The molecule has 27 heavy (non-hydrogen) atoms. The summed E-state index contributed by atoms with van der Waals surface area (Å²) in [5, 5.41) is 2.64. The SMILES string of the molecule is CCCC[C@@]1(C)NC(=O)N(CC(=O)OCC(=O)c2cc(C)ccc2C)C1=O. The van der Waals surface area contributed by atoms with Crippen molar-refractivity contribution in [1.29, 1.82) is 0 Å². The van der Waals surface area contributed by atoms with Crippen molar-refractivity contribution in [1.82, 2.24) is 10.2 Å². The van der Waals surface area contributed by atoms with Gasteiger partial charge in [0.2, 0.25) is 5.78 Å². The zero-order valence-electron chi connectivity index (χ0n) is 16.3. The molecule has 0 saturated carbocycles. The Morgan fingerprint density at radius 3 is 2.59 bits per heavy atom. The number of rotatable bonds is 8. The molecule has 1 saturated heterocycles. The highest BCUT2D eigenvalue weighted by Gasteiger charge is 2.47. The molecule has 0 spiro atoms. The number of ketones is 1. The van der Waals surface area contributed by atoms with Gasteiger partial charge in [0.15, 0.2) is 6.61 Å². The van der Waals surface area contributed by atoms with Gasteiger partial charge >= 0.3 is 12.0 Å². The third-order valence-corrected chi connectivity index (χ3v) is 4.72. The Labute approximate surface area is 159 Å². The number of unbranched alkanes of at least 4 members (excludes halogenated alkanes) is 1. The van der Waals surface area contributed by atoms with Crippen LogP contribution < -0.4 is 5.32 Å². The molecule has 0 unspecified atom stereocenters. The molecule has 1 aliphatic heterocycles. The van der Waals surface area contributed by atoms with Gasteiger partial charge in [0.25, 0.3) is 5.91 Å². The van der Waals surface area contributed by atoms with Crippen LogP contribution in [0.1, 0.15) is 54.6 Å². The van der Waals surface area contributed by atoms with Crippen LogP contribution in [0.2, 0.25) is 0 Å². The summed E-state index contributed by atoms with van der Waals surface area (Å²) in [6.45, 7) is 6.38. The van der Waals surface area contributed by atoms with Gasteiger partial charge in [-0.15, -0.1) is 0 Å². The van der Waals surface area contributed by atoms with E-state index in [1.54, 1.807) is 19.9 Å². The van der Waals surface area contributed by atoms with E-state index in [1.165, 1.54) is 0 Å². The summed E-state index contributed by atoms with van der Waals surface area (Å²) in [4.78, 5) is 49.7. The molecule has 1 aromatic carbocycles. The molecule has 1 atom stereocenters. The summed E-state index contributed by atoms with van der Waals surface area (Å²) in [5.41, 5.74) is 1.22. The van der Waals surface area contributed by atoms with E-state index in [0.717, 1.165) is 28.9 Å². The highest BCUT2D eigenvalue weighted by atomic mass is 16.5. The number of aryl methyl sites for hydroxylation is 2. The standard InChI is InChI=1S/C20H26N2O5/c1-5-6-9-20(4)18(25)22(19(26)21-20)11-17(24)27-12-16(23)15-10-13(2)7-8-14(15)3/h7-8,10H,5-6,9,11-12H2,1-4H3,(H,21,26)/t20-/m1/s1. The van der Waals surface area contributed by atoms with E-state index >= 15 is 0 Å². The minimum absolute atomic E-state index is 0.325. The zero-order chi connectivity index (χ0) is 20.2. The second-order valence-electron chi connectivity index (χ2n) is 7.16. The van der Waals surface area contributed by atoms with E-state index in [4.69, 9.17) is 4.74 Å². The number of esters is 1. The zero-order valence-corrected chi connectivity index (χ0v) is 16.3. The summed E-state index contributed by atoms with van der Waals surface area (Å²) in [5.74, 6) is -1.56. The van der Waals surface area contributed by atoms with E-state index in [9.17, 15) is 19.2 Å². The minimum atomic E-state index is -0.998. The molecule has 2 rings (SSSR count). The number of carbonyl (C=O) groups excluding carboxylic acids is 4. The van der Waals surface area contributed by atoms with E-state index in [0.29, 0.717) is 12.0 Å². The number of amides is 3. The molecule has 7 heteroatoms. The van der Waals surface area contributed by atoms with Crippen LogP contribution in [0.15, 0.2) is 18.2 Å². The maximum Gasteiger partial charge on any atom is 0.326 e. The molecule has 0 aliphatic carbocycles. The number of hydrogen-bond acceptors (Lipinski definition) is 5. The van der Waals surface area contributed by atoms with Gasteiger partial charge in [0, 0.05) is 5.56 Å². The molecule has 1 fully saturated rings. The lowest BCUT2D eigenvalue weighted by Gasteiger charge is -2.21. The van der Waals surface area contributed by atoms with Gasteiger partial charge in [-0.3, -0.25) is 19.3 Å². The van der Waals surface area contributed by atoms with Gasteiger partial charge in [-0.25, -0.2) is 4.79 Å². The van der Waals surface area contributed by atoms with Crippen molar-refractivity contribution >= 4 is 23.7 Å². The van der Waals surface area contributed by atoms with Crippen LogP contribution in [-0.4, -0.2) is 47.3 Å². The number of urea groups is 1. The lowest BCUT2D eigenvalue weighted by Crippen LogP contribution is -2.44. The van der Waals surface area contributed by atoms with Crippen molar-refractivity contribution < 1.29 is 23.9 Å². The van der Waals surface area contributed by atoms with Crippen molar-refractivity contribution in [3.05, 3.63) is 34.9 Å². The van der Waals surface area contributed by atoms with E-state index in [-0.39, 0.29) is 5.78 Å². The lowest BCUT2D eigenvalue weighted by molar-refractivity contribution is -0.146. The highest BCUT2D eigenvalue weighted by molar-refractivity contribution is 6.08. The molecule has 0 aromatic heterocycles. The molecule has 7 nitrogen and oxygen atoms in total. The maximum absolute atomic E-state index is 12.5. The number of nitrogens with zero attached hydrogens (tertiary/aromatic N) is 1. The molecule has 1 aromatic rings. The van der Waals surface area contributed by atoms with Crippen LogP contribution in [0.4, 0.5) is 4.79 Å². The van der Waals surface area contributed by atoms with Gasteiger partial charge in [-0.2, -0.15) is 0 Å². The van der Waals surface area contributed by atoms with Crippen LogP contribution in [0.3, 0.4) is 0 Å². The van der Waals surface area contributed by atoms with Gasteiger partial charge in [0.1, 0.15) is 12.1 Å². The number of carbonyl (C=O) groups is 4. The quantitative estimate of drug-likeness (QED) is 0.429. The Balaban J connectivity index is 1.94. The van der Waals surface area contributed by atoms with Crippen LogP contribution in [0.5, 0.6) is 0 Å². The fourth-order valence-electron chi connectivity index (χ4n) is 3.03. The predicted molar refractivity (Wildman–Crippen MR) is 99.4 cm³/mol. The van der Waals surface area contributed by atoms with Crippen molar-refractivity contribution in [2.24, 2.45) is 0 Å². The number of nitrogens with one attached hydrogen (secondary N) is 1. The Kier molecular flexibility index (Phi) is 6.36. The van der Waals surface area contributed by atoms with E-state index in [1.807, 2.05) is 26.0 Å². The van der Waals surface area contributed by atoms with E-state index in [2.05, 4.69) is 5.32 Å². The topological polar surface area (TPSA) is 92.8 Å². The average Bonchev–Trinajstić information content (AvgIpc) is 2.83. The summed E-state index contributed by atoms with van der Waals surface area (Å²) in [7, 11) is 0. The third kappa shape index (κ3) is 4.72. The van der Waals surface area contributed by atoms with Crippen LogP contribution in [0.25, 0.3) is 0 Å². The van der Waals surface area contributed by atoms with Gasteiger partial charge in [0.05, 0.1) is 0 Å². The van der Waals surface area contributed by atoms with Crippen molar-refractivity contribution in [2.45, 2.75) is 52.5 Å². The summed E-state index contributed by atoms with van der Waals surface area (Å²) >= 11 is 0. The summed E-state index contributed by atoms with van der Waals surface area (Å²) in [6, 6.07) is 4.85. The number of hydrogen-bond donors (Lipinski definition) is 1. The van der Waals surface area contributed by atoms with Gasteiger partial charge in [-0.1, -0.05) is 37.5 Å². The normalized spacial score (nSPS) is 19.2. The average molecular weight is 374 g/mol. The first-order valence-electron chi connectivity index (χ1n) is 9.08. The molecule has 1 N–H and O–H groups in total. The molecular formula is C20H26N2O5. The highest BCUT2D eigenvalue weighted by Crippen LogP contribution is 2.23. The molecule has 146 valence electrons. The number of imide groups is 1. The van der Waals surface area contributed by atoms with Crippen molar-refractivity contribution in [3.8, 4) is 0 Å². The molecular weight excluding hydrogens is 348 g/mol. The Morgan fingerprint density at radius 2 is 1.93 bits per heavy atom. The first-order valence-corrected chi connectivity index (χ1v) is 9.08. The van der Waals surface area contributed by atoms with Gasteiger partial charge in [-0.05, 0) is 38.8 Å². The lowest BCUT2D eigenvalue weighted by atomic mass is 9.95. The first-order chi connectivity index (χ1) is 12.7. The third-order valence-electron chi connectivity index (χ3n) is 4.72. The van der Waals surface area contributed by atoms with E-state index < -0.39 is 36.6 Å². The Bertz CT molecular complexity index is 774. The molecule has 1 aliphatic rings. The fraction of sp³-hybridized carbons (Fsp3) is 0.500. The maximum atomic E-state index is 12.5. The smallest absolute Gasteiger partial charge is 0.326 e. The van der Waals surface area contributed by atoms with Crippen molar-refractivity contribution in [3.63, 3.8) is 0 Å². The van der Waals surface area contributed by atoms with Crippen LogP contribution in [0, 0.1) is 13.8 Å². The molecule has 0 radical (unpaired) electrons. The monoisotopic (exact) mass is 374 g/mol. The summed E-state index contributed by atoms with van der Waals surface area (Å²) < 4.78 is 5.00. The number of Topliss-reactive ketones (excluding diaryl/α,β-unsaturated/α-hetero) is 1. The number of ether oxygens (including phenoxy) is 1. The minimum Gasteiger partial charge on any atom is -0.456 e. The van der Waals surface area contributed by atoms with Gasteiger partial charge < -0.3 is 10.1 Å². The Morgan fingerprint density at radius 1 is 1.22 bits per heavy atom. The van der Waals surface area contributed by atoms with Crippen LogP contribution in [-0.2, 0) is 14.3 Å². The summed E-state index contributed by atoms with van der Waals surface area (Å²) in [6.07, 6.45) is 2.18. The molecule has 0 bridgehead atoms. The van der Waals surface area contributed by atoms with Crippen LogP contribution >= 0.6 is 0 Å². The fourth-order valence-corrected chi connectivity index (χ4v) is 3.03. The second kappa shape index (κ2) is 8.33. The number of benzene rings is 1. The predicted octanol–water partition coefficient (Wildman–Crippen LogP) is 2.53.